The molecule has 138 valence electrons. The van der Waals surface area contributed by atoms with Crippen molar-refractivity contribution in [2.75, 3.05) is 6.54 Å². The highest BCUT2D eigenvalue weighted by molar-refractivity contribution is 5.31. The fraction of sp³-hybridized carbons (Fsp3) is 0.409. The summed E-state index contributed by atoms with van der Waals surface area (Å²) < 4.78 is 2.12. The van der Waals surface area contributed by atoms with Crippen molar-refractivity contribution in [1.29, 1.82) is 0 Å². The van der Waals surface area contributed by atoms with Crippen molar-refractivity contribution in [2.24, 2.45) is 0 Å². The van der Waals surface area contributed by atoms with Crippen molar-refractivity contribution < 1.29 is 0 Å². The monoisotopic (exact) mass is 359 g/mol. The van der Waals surface area contributed by atoms with Crippen molar-refractivity contribution in [2.45, 2.75) is 50.7 Å². The van der Waals surface area contributed by atoms with Gasteiger partial charge in [-0.25, -0.2) is 4.68 Å². The molecule has 2 aliphatic rings. The normalized spacial score (nSPS) is 19.1. The van der Waals surface area contributed by atoms with Gasteiger partial charge in [0.25, 0.3) is 0 Å². The molecule has 5 nitrogen and oxygen atoms in total. The zero-order chi connectivity index (χ0) is 18.1. The fourth-order valence-corrected chi connectivity index (χ4v) is 4.69. The Labute approximate surface area is 160 Å². The Morgan fingerprint density at radius 1 is 0.889 bits per heavy atom. The number of hydrogen-bond donors (Lipinski definition) is 0. The largest absolute Gasteiger partial charge is 0.285 e. The summed E-state index contributed by atoms with van der Waals surface area (Å²) in [4.78, 5) is 2.54. The van der Waals surface area contributed by atoms with Crippen LogP contribution in [0.2, 0.25) is 0 Å². The molecule has 0 bridgehead atoms. The smallest absolute Gasteiger partial charge is 0.173 e. The van der Waals surface area contributed by atoms with Gasteiger partial charge in [-0.05, 0) is 46.4 Å². The lowest BCUT2D eigenvalue weighted by Gasteiger charge is -2.35. The lowest BCUT2D eigenvalue weighted by atomic mass is 9.96. The van der Waals surface area contributed by atoms with Crippen LogP contribution in [0.15, 0.2) is 54.6 Å². The lowest BCUT2D eigenvalue weighted by molar-refractivity contribution is 0.191. The third-order valence-corrected chi connectivity index (χ3v) is 6.07. The maximum Gasteiger partial charge on any atom is 0.173 e. The molecule has 0 saturated heterocycles. The van der Waals surface area contributed by atoms with Crippen LogP contribution in [0.25, 0.3) is 0 Å². The van der Waals surface area contributed by atoms with Crippen LogP contribution < -0.4 is 0 Å². The van der Waals surface area contributed by atoms with Crippen molar-refractivity contribution in [1.82, 2.24) is 25.1 Å². The molecule has 1 saturated carbocycles. The molecule has 1 unspecified atom stereocenters. The molecule has 3 aromatic rings. The average Bonchev–Trinajstić information content (AvgIpc) is 3.41. The Hall–Kier alpha value is -2.53. The van der Waals surface area contributed by atoms with Crippen LogP contribution in [0.4, 0.5) is 0 Å². The maximum atomic E-state index is 4.53. The van der Waals surface area contributed by atoms with Gasteiger partial charge in [0, 0.05) is 13.1 Å². The lowest BCUT2D eigenvalue weighted by Crippen LogP contribution is -2.36. The SMILES string of the molecule is c1ccc(C(c2nnnn2C2CCCC2)N2CCc3ccccc3C2)cc1. The van der Waals surface area contributed by atoms with Gasteiger partial charge in [-0.3, -0.25) is 4.90 Å². The highest BCUT2D eigenvalue weighted by Crippen LogP contribution is 2.35. The summed E-state index contributed by atoms with van der Waals surface area (Å²) in [6.45, 7) is 1.96. The van der Waals surface area contributed by atoms with Gasteiger partial charge in [0.15, 0.2) is 5.82 Å². The van der Waals surface area contributed by atoms with Crippen LogP contribution in [0, 0.1) is 0 Å². The fourth-order valence-electron chi connectivity index (χ4n) is 4.69. The van der Waals surface area contributed by atoms with E-state index in [1.807, 2.05) is 0 Å². The van der Waals surface area contributed by atoms with Gasteiger partial charge in [0.2, 0.25) is 0 Å². The topological polar surface area (TPSA) is 46.8 Å². The molecule has 1 aliphatic heterocycles. The van der Waals surface area contributed by atoms with E-state index in [2.05, 4.69) is 79.7 Å². The van der Waals surface area contributed by atoms with Crippen LogP contribution >= 0.6 is 0 Å². The second-order valence-electron chi connectivity index (χ2n) is 7.72. The molecule has 1 fully saturated rings. The van der Waals surface area contributed by atoms with Crippen LogP contribution in [0.1, 0.15) is 60.3 Å². The number of benzene rings is 2. The van der Waals surface area contributed by atoms with Gasteiger partial charge >= 0.3 is 0 Å². The minimum absolute atomic E-state index is 0.0927. The zero-order valence-electron chi connectivity index (χ0n) is 15.5. The summed E-state index contributed by atoms with van der Waals surface area (Å²) in [5.41, 5.74) is 4.16. The van der Waals surface area contributed by atoms with E-state index >= 15 is 0 Å². The third-order valence-electron chi connectivity index (χ3n) is 6.07. The number of hydrogen-bond acceptors (Lipinski definition) is 4. The predicted molar refractivity (Wildman–Crippen MR) is 104 cm³/mol. The molecule has 0 N–H and O–H groups in total. The van der Waals surface area contributed by atoms with E-state index in [1.54, 1.807) is 0 Å². The summed E-state index contributed by atoms with van der Waals surface area (Å²) in [6.07, 6.45) is 5.99. The maximum absolute atomic E-state index is 4.53. The van der Waals surface area contributed by atoms with Gasteiger partial charge < -0.3 is 0 Å². The van der Waals surface area contributed by atoms with Gasteiger partial charge in [-0.1, -0.05) is 67.4 Å². The molecular formula is C22H25N5. The highest BCUT2D eigenvalue weighted by atomic mass is 15.6. The van der Waals surface area contributed by atoms with Crippen molar-refractivity contribution in [3.63, 3.8) is 0 Å². The first-order chi connectivity index (χ1) is 13.4. The van der Waals surface area contributed by atoms with E-state index in [1.165, 1.54) is 42.4 Å². The Morgan fingerprint density at radius 3 is 2.44 bits per heavy atom. The Kier molecular flexibility index (Phi) is 4.46. The first-order valence-corrected chi connectivity index (χ1v) is 10.0. The van der Waals surface area contributed by atoms with E-state index in [-0.39, 0.29) is 6.04 Å². The first kappa shape index (κ1) is 16.6. The van der Waals surface area contributed by atoms with Crippen LogP contribution in [-0.2, 0) is 13.0 Å². The average molecular weight is 359 g/mol. The molecule has 27 heavy (non-hydrogen) atoms. The molecule has 1 aromatic heterocycles. The Bertz CT molecular complexity index is 898. The second kappa shape index (κ2) is 7.24. The molecule has 0 spiro atoms. The van der Waals surface area contributed by atoms with Gasteiger partial charge in [-0.15, -0.1) is 5.10 Å². The summed E-state index contributed by atoms with van der Waals surface area (Å²) in [7, 11) is 0. The van der Waals surface area contributed by atoms with E-state index < -0.39 is 0 Å². The number of fused-ring (bicyclic) bond motifs is 1. The van der Waals surface area contributed by atoms with E-state index in [0.717, 1.165) is 25.3 Å². The summed E-state index contributed by atoms with van der Waals surface area (Å²) >= 11 is 0. The molecular weight excluding hydrogens is 334 g/mol. The molecule has 2 aromatic carbocycles. The van der Waals surface area contributed by atoms with Crippen LogP contribution in [0.5, 0.6) is 0 Å². The third kappa shape index (κ3) is 3.16. The predicted octanol–water partition coefficient (Wildman–Crippen LogP) is 3.94. The van der Waals surface area contributed by atoms with Gasteiger partial charge in [0.05, 0.1) is 12.1 Å². The van der Waals surface area contributed by atoms with Gasteiger partial charge in [0.1, 0.15) is 0 Å². The molecule has 0 amide bonds. The molecule has 2 heterocycles. The standard InChI is InChI=1S/C22H25N5/c1-2-9-18(10-3-1)21(22-23-24-25-27(22)20-12-6-7-13-20)26-15-14-17-8-4-5-11-19(17)16-26/h1-5,8-11,20-21H,6-7,12-16H2. The summed E-state index contributed by atoms with van der Waals surface area (Å²) in [5, 5.41) is 13.0. The second-order valence-corrected chi connectivity index (χ2v) is 7.72. The molecule has 1 aliphatic carbocycles. The van der Waals surface area contributed by atoms with E-state index in [9.17, 15) is 0 Å². The Balaban J connectivity index is 1.54. The van der Waals surface area contributed by atoms with Crippen molar-refractivity contribution in [3.8, 4) is 0 Å². The zero-order valence-corrected chi connectivity index (χ0v) is 15.5. The molecule has 0 radical (unpaired) electrons. The highest BCUT2D eigenvalue weighted by Gasteiger charge is 2.32. The summed E-state index contributed by atoms with van der Waals surface area (Å²) in [5.74, 6) is 0.993. The number of tetrazole rings is 1. The number of nitrogens with zero attached hydrogens (tertiary/aromatic N) is 5. The van der Waals surface area contributed by atoms with E-state index in [0.29, 0.717) is 6.04 Å². The molecule has 5 heteroatoms. The first-order valence-electron chi connectivity index (χ1n) is 10.0. The van der Waals surface area contributed by atoms with Crippen molar-refractivity contribution >= 4 is 0 Å². The van der Waals surface area contributed by atoms with Crippen molar-refractivity contribution in [3.05, 3.63) is 77.1 Å². The minimum Gasteiger partial charge on any atom is -0.285 e. The van der Waals surface area contributed by atoms with Gasteiger partial charge in [-0.2, -0.15) is 0 Å². The van der Waals surface area contributed by atoms with Crippen LogP contribution in [0.3, 0.4) is 0 Å². The quantitative estimate of drug-likeness (QED) is 0.708. The molecule has 1 atom stereocenters. The van der Waals surface area contributed by atoms with Crippen LogP contribution in [-0.4, -0.2) is 31.7 Å². The summed E-state index contributed by atoms with van der Waals surface area (Å²) in [6, 6.07) is 20.0. The Morgan fingerprint density at radius 2 is 1.63 bits per heavy atom. The number of aromatic nitrogens is 4. The van der Waals surface area contributed by atoms with E-state index in [4.69, 9.17) is 0 Å². The molecule has 5 rings (SSSR count). The number of rotatable bonds is 4. The minimum atomic E-state index is 0.0927.